The van der Waals surface area contributed by atoms with Crippen LogP contribution in [0.4, 0.5) is 5.69 Å². The second-order valence-corrected chi connectivity index (χ2v) is 4.72. The standard InChI is InChI=1S/C13H20N2/c1-9-6-10(2)8-11(7-9)15-13-5-3-4-12(13)14/h6-8,12-13,15H,3-5,14H2,1-2H3. The Kier molecular flexibility index (Phi) is 2.96. The summed E-state index contributed by atoms with van der Waals surface area (Å²) >= 11 is 0. The lowest BCUT2D eigenvalue weighted by molar-refractivity contribution is 0.638. The Bertz CT molecular complexity index is 326. The van der Waals surface area contributed by atoms with Gasteiger partial charge in [-0.25, -0.2) is 0 Å². The second-order valence-electron chi connectivity index (χ2n) is 4.72. The van der Waals surface area contributed by atoms with Gasteiger partial charge >= 0.3 is 0 Å². The predicted molar refractivity (Wildman–Crippen MR) is 65.2 cm³/mol. The van der Waals surface area contributed by atoms with Crippen molar-refractivity contribution in [2.45, 2.75) is 45.2 Å². The Hall–Kier alpha value is -1.02. The molecule has 82 valence electrons. The molecule has 1 aliphatic carbocycles. The molecule has 2 rings (SSSR count). The van der Waals surface area contributed by atoms with Crippen molar-refractivity contribution in [2.24, 2.45) is 5.73 Å². The van der Waals surface area contributed by atoms with Gasteiger partial charge in [0, 0.05) is 17.8 Å². The third-order valence-corrected chi connectivity index (χ3v) is 3.14. The first-order chi connectivity index (χ1) is 7.15. The summed E-state index contributed by atoms with van der Waals surface area (Å²) in [7, 11) is 0. The smallest absolute Gasteiger partial charge is 0.0412 e. The molecule has 2 unspecified atom stereocenters. The number of benzene rings is 1. The molecule has 1 aromatic carbocycles. The van der Waals surface area contributed by atoms with Crippen LogP contribution in [0.15, 0.2) is 18.2 Å². The van der Waals surface area contributed by atoms with Crippen LogP contribution in [0, 0.1) is 13.8 Å². The van der Waals surface area contributed by atoms with Gasteiger partial charge in [-0.15, -0.1) is 0 Å². The maximum atomic E-state index is 6.04. The largest absolute Gasteiger partial charge is 0.381 e. The fourth-order valence-electron chi connectivity index (χ4n) is 2.44. The number of nitrogens with two attached hydrogens (primary N) is 1. The molecule has 0 aliphatic heterocycles. The Morgan fingerprint density at radius 3 is 2.33 bits per heavy atom. The molecule has 3 N–H and O–H groups in total. The van der Waals surface area contributed by atoms with Crippen molar-refractivity contribution in [1.29, 1.82) is 0 Å². The van der Waals surface area contributed by atoms with E-state index in [9.17, 15) is 0 Å². The summed E-state index contributed by atoms with van der Waals surface area (Å²) in [4.78, 5) is 0. The van der Waals surface area contributed by atoms with Crippen LogP contribution in [0.2, 0.25) is 0 Å². The SMILES string of the molecule is Cc1cc(C)cc(NC2CCCC2N)c1. The maximum Gasteiger partial charge on any atom is 0.0412 e. The highest BCUT2D eigenvalue weighted by Gasteiger charge is 2.23. The third kappa shape index (κ3) is 2.51. The average Bonchev–Trinajstić information content (AvgIpc) is 2.50. The van der Waals surface area contributed by atoms with Gasteiger partial charge in [0.05, 0.1) is 0 Å². The topological polar surface area (TPSA) is 38.0 Å². The summed E-state index contributed by atoms with van der Waals surface area (Å²) in [6, 6.07) is 7.37. The molecule has 0 radical (unpaired) electrons. The molecule has 1 aliphatic rings. The van der Waals surface area contributed by atoms with E-state index >= 15 is 0 Å². The van der Waals surface area contributed by atoms with Gasteiger partial charge in [0.25, 0.3) is 0 Å². The molecule has 0 aromatic heterocycles. The Balaban J connectivity index is 2.10. The summed E-state index contributed by atoms with van der Waals surface area (Å²) < 4.78 is 0. The van der Waals surface area contributed by atoms with E-state index in [-0.39, 0.29) is 0 Å². The van der Waals surface area contributed by atoms with E-state index in [1.165, 1.54) is 29.7 Å². The van der Waals surface area contributed by atoms with Crippen LogP contribution in [0.25, 0.3) is 0 Å². The van der Waals surface area contributed by atoms with E-state index in [1.807, 2.05) is 0 Å². The molecule has 1 fully saturated rings. The van der Waals surface area contributed by atoms with Gasteiger partial charge in [0.2, 0.25) is 0 Å². The van der Waals surface area contributed by atoms with Crippen LogP contribution >= 0.6 is 0 Å². The van der Waals surface area contributed by atoms with Crippen LogP contribution in [0.3, 0.4) is 0 Å². The highest BCUT2D eigenvalue weighted by atomic mass is 15.0. The van der Waals surface area contributed by atoms with Crippen molar-refractivity contribution < 1.29 is 0 Å². The monoisotopic (exact) mass is 204 g/mol. The van der Waals surface area contributed by atoms with Crippen LogP contribution in [0.1, 0.15) is 30.4 Å². The minimum atomic E-state index is 0.325. The first kappa shape index (κ1) is 10.5. The van der Waals surface area contributed by atoms with Crippen molar-refractivity contribution >= 4 is 5.69 Å². The van der Waals surface area contributed by atoms with Crippen LogP contribution in [0.5, 0.6) is 0 Å². The number of rotatable bonds is 2. The minimum Gasteiger partial charge on any atom is -0.381 e. The highest BCUT2D eigenvalue weighted by Crippen LogP contribution is 2.22. The molecule has 2 nitrogen and oxygen atoms in total. The van der Waals surface area contributed by atoms with Gasteiger partial charge < -0.3 is 11.1 Å². The van der Waals surface area contributed by atoms with Crippen molar-refractivity contribution in [2.75, 3.05) is 5.32 Å². The van der Waals surface area contributed by atoms with E-state index in [0.717, 1.165) is 6.42 Å². The van der Waals surface area contributed by atoms with E-state index in [4.69, 9.17) is 5.73 Å². The van der Waals surface area contributed by atoms with Gasteiger partial charge in [-0.2, -0.15) is 0 Å². The Morgan fingerprint density at radius 2 is 1.80 bits per heavy atom. The molecule has 2 atom stereocenters. The zero-order valence-corrected chi connectivity index (χ0v) is 9.59. The van der Waals surface area contributed by atoms with Crippen molar-refractivity contribution in [3.63, 3.8) is 0 Å². The molecule has 1 aromatic rings. The molecular formula is C13H20N2. The zero-order chi connectivity index (χ0) is 10.8. The van der Waals surface area contributed by atoms with E-state index in [2.05, 4.69) is 37.4 Å². The first-order valence-electron chi connectivity index (χ1n) is 5.75. The zero-order valence-electron chi connectivity index (χ0n) is 9.59. The maximum absolute atomic E-state index is 6.04. The quantitative estimate of drug-likeness (QED) is 0.777. The molecule has 15 heavy (non-hydrogen) atoms. The molecular weight excluding hydrogens is 184 g/mol. The van der Waals surface area contributed by atoms with Gasteiger partial charge in [0.1, 0.15) is 0 Å². The van der Waals surface area contributed by atoms with Gasteiger partial charge in [-0.1, -0.05) is 6.07 Å². The van der Waals surface area contributed by atoms with Crippen LogP contribution in [-0.2, 0) is 0 Å². The third-order valence-electron chi connectivity index (χ3n) is 3.14. The van der Waals surface area contributed by atoms with Crippen LogP contribution < -0.4 is 11.1 Å². The lowest BCUT2D eigenvalue weighted by Gasteiger charge is -2.19. The lowest BCUT2D eigenvalue weighted by Crippen LogP contribution is -2.35. The molecule has 0 heterocycles. The molecule has 0 saturated heterocycles. The summed E-state index contributed by atoms with van der Waals surface area (Å²) in [6.45, 7) is 4.26. The average molecular weight is 204 g/mol. The number of anilines is 1. The fraction of sp³-hybridized carbons (Fsp3) is 0.538. The molecule has 1 saturated carbocycles. The number of hydrogen-bond donors (Lipinski definition) is 2. The highest BCUT2D eigenvalue weighted by molar-refractivity contribution is 5.49. The van der Waals surface area contributed by atoms with E-state index in [1.54, 1.807) is 0 Å². The molecule has 0 bridgehead atoms. The summed E-state index contributed by atoms with van der Waals surface area (Å²) in [5.74, 6) is 0. The van der Waals surface area contributed by atoms with Crippen LogP contribution in [-0.4, -0.2) is 12.1 Å². The van der Waals surface area contributed by atoms with Gasteiger partial charge in [-0.3, -0.25) is 0 Å². The van der Waals surface area contributed by atoms with Crippen molar-refractivity contribution in [1.82, 2.24) is 0 Å². The van der Waals surface area contributed by atoms with Gasteiger partial charge in [-0.05, 0) is 56.4 Å². The summed E-state index contributed by atoms with van der Waals surface area (Å²) in [6.07, 6.45) is 3.61. The second kappa shape index (κ2) is 4.23. The Morgan fingerprint density at radius 1 is 1.13 bits per heavy atom. The van der Waals surface area contributed by atoms with E-state index < -0.39 is 0 Å². The molecule has 2 heteroatoms. The van der Waals surface area contributed by atoms with Crippen molar-refractivity contribution in [3.8, 4) is 0 Å². The molecule has 0 spiro atoms. The van der Waals surface area contributed by atoms with E-state index in [0.29, 0.717) is 12.1 Å². The normalized spacial score (nSPS) is 25.5. The number of nitrogens with one attached hydrogen (secondary N) is 1. The lowest BCUT2D eigenvalue weighted by atomic mass is 10.1. The number of hydrogen-bond acceptors (Lipinski definition) is 2. The number of aryl methyl sites for hydroxylation is 2. The molecule has 0 amide bonds. The fourth-order valence-corrected chi connectivity index (χ4v) is 2.44. The Labute approximate surface area is 91.9 Å². The summed E-state index contributed by atoms with van der Waals surface area (Å²) in [5.41, 5.74) is 9.88. The predicted octanol–water partition coefficient (Wildman–Crippen LogP) is 2.60. The minimum absolute atomic E-state index is 0.325. The summed E-state index contributed by atoms with van der Waals surface area (Å²) in [5, 5.41) is 3.55. The first-order valence-corrected chi connectivity index (χ1v) is 5.75. The van der Waals surface area contributed by atoms with Crippen molar-refractivity contribution in [3.05, 3.63) is 29.3 Å². The van der Waals surface area contributed by atoms with Gasteiger partial charge in [0.15, 0.2) is 0 Å².